The molecule has 0 atom stereocenters. The normalized spacial score (nSPS) is 11.7. The maximum absolute atomic E-state index is 10.1. The van der Waals surface area contributed by atoms with E-state index >= 15 is 0 Å². The van der Waals surface area contributed by atoms with Crippen LogP contribution < -0.4 is 4.74 Å². The number of nitrogens with zero attached hydrogens (tertiary/aromatic N) is 1. The van der Waals surface area contributed by atoms with Gasteiger partial charge in [-0.1, -0.05) is 6.07 Å². The van der Waals surface area contributed by atoms with E-state index in [-0.39, 0.29) is 0 Å². The topological polar surface area (TPSA) is 42.4 Å². The molecule has 0 aliphatic heterocycles. The Balaban J connectivity index is 1.98. The maximum atomic E-state index is 10.1. The quantitative estimate of drug-likeness (QED) is 0.910. The summed E-state index contributed by atoms with van der Waals surface area (Å²) >= 11 is 1.57. The van der Waals surface area contributed by atoms with Crippen LogP contribution in [0, 0.1) is 20.8 Å². The van der Waals surface area contributed by atoms with E-state index in [2.05, 4.69) is 24.9 Å². The van der Waals surface area contributed by atoms with Crippen LogP contribution >= 0.6 is 11.3 Å². The van der Waals surface area contributed by atoms with Crippen molar-refractivity contribution < 1.29 is 9.84 Å². The van der Waals surface area contributed by atoms with E-state index in [1.54, 1.807) is 25.2 Å². The third-order valence-corrected chi connectivity index (χ3v) is 4.71. The van der Waals surface area contributed by atoms with Crippen LogP contribution in [0.5, 0.6) is 5.75 Å². The number of benzene rings is 1. The Morgan fingerprint density at radius 1 is 1.14 bits per heavy atom. The average Bonchev–Trinajstić information content (AvgIpc) is 2.69. The molecule has 0 unspecified atom stereocenters. The van der Waals surface area contributed by atoms with E-state index in [4.69, 9.17) is 4.74 Å². The predicted octanol–water partition coefficient (Wildman–Crippen LogP) is 3.92. The number of aromatic nitrogens is 1. The van der Waals surface area contributed by atoms with Crippen molar-refractivity contribution in [1.82, 2.24) is 4.98 Å². The molecule has 1 heterocycles. The fourth-order valence-corrected chi connectivity index (χ4v) is 3.45. The molecule has 1 N–H and O–H groups in total. The highest BCUT2D eigenvalue weighted by Crippen LogP contribution is 2.29. The SMILES string of the molecule is Cc1cc(C)cc(OCCc2nc(C)c(C(C)(C)O)s2)c1. The molecule has 0 radical (unpaired) electrons. The molecule has 0 saturated heterocycles. The average molecular weight is 305 g/mol. The standard InChI is InChI=1S/C17H23NO2S/c1-11-8-12(2)10-14(9-11)20-7-6-15-18-13(3)16(21-15)17(4,5)19/h8-10,19H,6-7H2,1-5H3. The third kappa shape index (κ3) is 4.29. The summed E-state index contributed by atoms with van der Waals surface area (Å²) in [5, 5.41) is 11.1. The smallest absolute Gasteiger partial charge is 0.119 e. The summed E-state index contributed by atoms with van der Waals surface area (Å²) < 4.78 is 5.81. The molecule has 0 aliphatic carbocycles. The van der Waals surface area contributed by atoms with Crippen molar-refractivity contribution >= 4 is 11.3 Å². The van der Waals surface area contributed by atoms with Gasteiger partial charge in [-0.15, -0.1) is 11.3 Å². The first-order valence-electron chi connectivity index (χ1n) is 7.16. The third-order valence-electron chi connectivity index (χ3n) is 3.18. The lowest BCUT2D eigenvalue weighted by molar-refractivity contribution is 0.0817. The van der Waals surface area contributed by atoms with Crippen molar-refractivity contribution in [3.63, 3.8) is 0 Å². The van der Waals surface area contributed by atoms with E-state index < -0.39 is 5.60 Å². The molecule has 0 fully saturated rings. The highest BCUT2D eigenvalue weighted by Gasteiger charge is 2.22. The van der Waals surface area contributed by atoms with Gasteiger partial charge in [-0.3, -0.25) is 0 Å². The minimum absolute atomic E-state index is 0.598. The van der Waals surface area contributed by atoms with Gasteiger partial charge < -0.3 is 9.84 Å². The molecule has 0 aliphatic rings. The van der Waals surface area contributed by atoms with Gasteiger partial charge in [0, 0.05) is 6.42 Å². The molecule has 2 aromatic rings. The van der Waals surface area contributed by atoms with Crippen LogP contribution in [0.15, 0.2) is 18.2 Å². The van der Waals surface area contributed by atoms with E-state index in [0.717, 1.165) is 27.7 Å². The van der Waals surface area contributed by atoms with Crippen molar-refractivity contribution in [3.8, 4) is 5.75 Å². The zero-order chi connectivity index (χ0) is 15.6. The summed E-state index contributed by atoms with van der Waals surface area (Å²) in [6, 6.07) is 6.22. The minimum Gasteiger partial charge on any atom is -0.493 e. The number of ether oxygens (including phenoxy) is 1. The van der Waals surface area contributed by atoms with Crippen LogP contribution in [0.4, 0.5) is 0 Å². The molecule has 2 rings (SSSR count). The Morgan fingerprint density at radius 2 is 1.76 bits per heavy atom. The molecule has 0 bridgehead atoms. The van der Waals surface area contributed by atoms with Gasteiger partial charge in [0.05, 0.1) is 27.8 Å². The second kappa shape index (κ2) is 6.16. The predicted molar refractivity (Wildman–Crippen MR) is 87.2 cm³/mol. The Hall–Kier alpha value is -1.39. The second-order valence-electron chi connectivity index (χ2n) is 6.00. The first kappa shape index (κ1) is 16.0. The summed E-state index contributed by atoms with van der Waals surface area (Å²) in [6.45, 7) is 10.3. The lowest BCUT2D eigenvalue weighted by Crippen LogP contribution is -2.14. The number of thiazole rings is 1. The van der Waals surface area contributed by atoms with Crippen molar-refractivity contribution in [1.29, 1.82) is 0 Å². The highest BCUT2D eigenvalue weighted by atomic mass is 32.1. The van der Waals surface area contributed by atoms with Gasteiger partial charge >= 0.3 is 0 Å². The Bertz CT molecular complexity index is 606. The van der Waals surface area contributed by atoms with Gasteiger partial charge in [-0.25, -0.2) is 4.98 Å². The molecule has 0 spiro atoms. The van der Waals surface area contributed by atoms with Crippen LogP contribution in [-0.4, -0.2) is 16.7 Å². The molecule has 4 heteroatoms. The van der Waals surface area contributed by atoms with Gasteiger partial charge in [-0.2, -0.15) is 0 Å². The molecule has 21 heavy (non-hydrogen) atoms. The van der Waals surface area contributed by atoms with E-state index in [9.17, 15) is 5.11 Å². The Labute approximate surface area is 130 Å². The van der Waals surface area contributed by atoms with Crippen molar-refractivity contribution in [3.05, 3.63) is 44.9 Å². The summed E-state index contributed by atoms with van der Waals surface area (Å²) in [5.41, 5.74) is 2.50. The summed E-state index contributed by atoms with van der Waals surface area (Å²) in [7, 11) is 0. The van der Waals surface area contributed by atoms with Gasteiger partial charge in [0.2, 0.25) is 0 Å². The number of hydrogen-bond acceptors (Lipinski definition) is 4. The summed E-state index contributed by atoms with van der Waals surface area (Å²) in [4.78, 5) is 5.46. The van der Waals surface area contributed by atoms with Gasteiger partial charge in [-0.05, 0) is 57.9 Å². The molecule has 0 amide bonds. The van der Waals surface area contributed by atoms with Gasteiger partial charge in [0.25, 0.3) is 0 Å². The largest absolute Gasteiger partial charge is 0.493 e. The van der Waals surface area contributed by atoms with Gasteiger partial charge in [0.15, 0.2) is 0 Å². The van der Waals surface area contributed by atoms with Crippen LogP contribution in [0.2, 0.25) is 0 Å². The highest BCUT2D eigenvalue weighted by molar-refractivity contribution is 7.11. The van der Waals surface area contributed by atoms with Gasteiger partial charge in [0.1, 0.15) is 5.75 Å². The van der Waals surface area contributed by atoms with E-state index in [0.29, 0.717) is 6.61 Å². The van der Waals surface area contributed by atoms with E-state index in [1.165, 1.54) is 11.1 Å². The second-order valence-corrected chi connectivity index (χ2v) is 7.09. The van der Waals surface area contributed by atoms with Crippen molar-refractivity contribution in [2.24, 2.45) is 0 Å². The molecule has 114 valence electrons. The molecular formula is C17H23NO2S. The summed E-state index contributed by atoms with van der Waals surface area (Å²) in [5.74, 6) is 0.906. The van der Waals surface area contributed by atoms with Crippen molar-refractivity contribution in [2.45, 2.75) is 46.6 Å². The number of aliphatic hydroxyl groups is 1. The lowest BCUT2D eigenvalue weighted by Gasteiger charge is -2.15. The lowest BCUT2D eigenvalue weighted by atomic mass is 10.1. The molecule has 1 aromatic carbocycles. The zero-order valence-electron chi connectivity index (χ0n) is 13.4. The fraction of sp³-hybridized carbons (Fsp3) is 0.471. The first-order chi connectivity index (χ1) is 9.75. The Morgan fingerprint density at radius 3 is 2.29 bits per heavy atom. The maximum Gasteiger partial charge on any atom is 0.119 e. The van der Waals surface area contributed by atoms with Crippen LogP contribution in [0.3, 0.4) is 0 Å². The number of hydrogen-bond donors (Lipinski definition) is 1. The molecular weight excluding hydrogens is 282 g/mol. The van der Waals surface area contributed by atoms with Crippen LogP contribution in [-0.2, 0) is 12.0 Å². The first-order valence-corrected chi connectivity index (χ1v) is 7.97. The minimum atomic E-state index is -0.825. The van der Waals surface area contributed by atoms with Crippen LogP contribution in [0.25, 0.3) is 0 Å². The monoisotopic (exact) mass is 305 g/mol. The summed E-state index contributed by atoms with van der Waals surface area (Å²) in [6.07, 6.45) is 0.759. The number of rotatable bonds is 5. The van der Waals surface area contributed by atoms with Crippen molar-refractivity contribution in [2.75, 3.05) is 6.61 Å². The van der Waals surface area contributed by atoms with Crippen LogP contribution in [0.1, 0.15) is 40.6 Å². The fourth-order valence-electron chi connectivity index (χ4n) is 2.40. The number of aryl methyl sites for hydroxylation is 3. The molecule has 1 aromatic heterocycles. The molecule has 0 saturated carbocycles. The Kier molecular flexibility index (Phi) is 4.69. The van der Waals surface area contributed by atoms with E-state index in [1.807, 2.05) is 19.1 Å². The zero-order valence-corrected chi connectivity index (χ0v) is 14.2. The molecule has 3 nitrogen and oxygen atoms in total.